The number of aromatic nitrogens is 1. The van der Waals surface area contributed by atoms with Crippen molar-refractivity contribution >= 4 is 38.9 Å². The minimum atomic E-state index is -3.61. The van der Waals surface area contributed by atoms with E-state index >= 15 is 0 Å². The van der Waals surface area contributed by atoms with Gasteiger partial charge in [-0.1, -0.05) is 22.9 Å². The fourth-order valence-electron chi connectivity index (χ4n) is 0.855. The van der Waals surface area contributed by atoms with Crippen LogP contribution in [0.1, 0.15) is 0 Å². The van der Waals surface area contributed by atoms with E-state index in [1.165, 1.54) is 6.20 Å². The van der Waals surface area contributed by atoms with E-state index in [4.69, 9.17) is 22.1 Å². The van der Waals surface area contributed by atoms with Gasteiger partial charge in [0.05, 0.1) is 12.8 Å². The van der Waals surface area contributed by atoms with Gasteiger partial charge in [0.25, 0.3) is 10.0 Å². The van der Waals surface area contributed by atoms with E-state index in [2.05, 4.69) is 9.71 Å². The van der Waals surface area contributed by atoms with Crippen LogP contribution < -0.4 is 10.5 Å². The third kappa shape index (κ3) is 4.96. The fourth-order valence-corrected chi connectivity index (χ4v) is 3.21. The smallest absolute Gasteiger partial charge is 0.251 e. The second-order valence-electron chi connectivity index (χ2n) is 2.85. The van der Waals surface area contributed by atoms with Gasteiger partial charge in [-0.2, -0.15) is 0 Å². The normalized spacial score (nSPS) is 11.6. The average Bonchev–Trinajstić information content (AvgIpc) is 2.64. The van der Waals surface area contributed by atoms with Crippen LogP contribution in [-0.4, -0.2) is 39.1 Å². The number of nitrogens with one attached hydrogen (secondary N) is 1. The van der Waals surface area contributed by atoms with Crippen molar-refractivity contribution in [3.63, 3.8) is 0 Å². The molecule has 0 aliphatic rings. The Morgan fingerprint density at radius 1 is 1.65 bits per heavy atom. The summed E-state index contributed by atoms with van der Waals surface area (Å²) in [6.07, 6.45) is 1.17. The summed E-state index contributed by atoms with van der Waals surface area (Å²) in [5.41, 5.74) is 4.83. The summed E-state index contributed by atoms with van der Waals surface area (Å²) in [6.45, 7) is -0.159. The predicted molar refractivity (Wildman–Crippen MR) is 62.3 cm³/mol. The molecule has 0 aliphatic heterocycles. The van der Waals surface area contributed by atoms with Crippen LogP contribution in [0.3, 0.4) is 0 Å². The van der Waals surface area contributed by atoms with Gasteiger partial charge >= 0.3 is 0 Å². The molecule has 0 radical (unpaired) electrons. The molecule has 0 aliphatic carbocycles. The number of primary amides is 1. The van der Waals surface area contributed by atoms with Crippen LogP contribution in [0, 0.1) is 0 Å². The van der Waals surface area contributed by atoms with Crippen LogP contribution in [0.15, 0.2) is 10.4 Å². The van der Waals surface area contributed by atoms with Gasteiger partial charge in [-0.15, -0.1) is 0 Å². The molecule has 0 unspecified atom stereocenters. The Kier molecular flexibility index (Phi) is 5.28. The summed E-state index contributed by atoms with van der Waals surface area (Å²) in [6, 6.07) is 0. The van der Waals surface area contributed by atoms with E-state index in [0.29, 0.717) is 0 Å². The number of carbonyl (C=O) groups excluding carboxylic acids is 1. The Morgan fingerprint density at radius 2 is 2.35 bits per heavy atom. The SMILES string of the molecule is NC(=O)COCCNS(=O)(=O)c1cnc(Cl)s1. The molecule has 1 heterocycles. The van der Waals surface area contributed by atoms with E-state index in [9.17, 15) is 13.2 Å². The zero-order chi connectivity index (χ0) is 12.9. The lowest BCUT2D eigenvalue weighted by Gasteiger charge is -2.04. The number of halogens is 1. The molecule has 1 amide bonds. The first-order chi connectivity index (χ1) is 7.92. The highest BCUT2D eigenvalue weighted by Gasteiger charge is 2.16. The zero-order valence-corrected chi connectivity index (χ0v) is 10.9. The molecule has 1 rings (SSSR count). The highest BCUT2D eigenvalue weighted by Crippen LogP contribution is 2.21. The Hall–Kier alpha value is -0.740. The third-order valence-corrected chi connectivity index (χ3v) is 4.54. The molecule has 1 aromatic rings. The number of sulfonamides is 1. The topological polar surface area (TPSA) is 111 Å². The highest BCUT2D eigenvalue weighted by atomic mass is 35.5. The van der Waals surface area contributed by atoms with Crippen molar-refractivity contribution in [2.24, 2.45) is 5.73 Å². The second-order valence-corrected chi connectivity index (χ2v) is 6.46. The Bertz CT molecular complexity index is 487. The largest absolute Gasteiger partial charge is 0.370 e. The number of hydrogen-bond acceptors (Lipinski definition) is 6. The van der Waals surface area contributed by atoms with Crippen molar-refractivity contribution in [1.29, 1.82) is 0 Å². The van der Waals surface area contributed by atoms with Crippen molar-refractivity contribution in [2.45, 2.75) is 4.21 Å². The second kappa shape index (κ2) is 6.26. The van der Waals surface area contributed by atoms with Gasteiger partial charge in [-0.25, -0.2) is 18.1 Å². The number of nitrogens with two attached hydrogens (primary N) is 1. The first kappa shape index (κ1) is 14.3. The van der Waals surface area contributed by atoms with Gasteiger partial charge in [0.2, 0.25) is 5.91 Å². The summed E-state index contributed by atoms with van der Waals surface area (Å²) in [5.74, 6) is -0.609. The van der Waals surface area contributed by atoms with Crippen LogP contribution in [-0.2, 0) is 19.6 Å². The number of hydrogen-bond donors (Lipinski definition) is 2. The van der Waals surface area contributed by atoms with Crippen LogP contribution in [0.25, 0.3) is 0 Å². The average molecular weight is 300 g/mol. The van der Waals surface area contributed by atoms with Gasteiger partial charge in [0.15, 0.2) is 8.68 Å². The minimum absolute atomic E-state index is 0.0254. The summed E-state index contributed by atoms with van der Waals surface area (Å²) >= 11 is 6.38. The minimum Gasteiger partial charge on any atom is -0.370 e. The number of thiazole rings is 1. The molecule has 0 atom stereocenters. The Labute approximate surface area is 107 Å². The van der Waals surface area contributed by atoms with E-state index in [0.717, 1.165) is 11.3 Å². The Balaban J connectivity index is 2.38. The fraction of sp³-hybridized carbons (Fsp3) is 0.429. The molecule has 0 spiro atoms. The molecule has 0 saturated heterocycles. The first-order valence-corrected chi connectivity index (χ1v) is 7.06. The maximum atomic E-state index is 11.6. The number of ether oxygens (including phenoxy) is 1. The van der Waals surface area contributed by atoms with Crippen molar-refractivity contribution in [3.05, 3.63) is 10.7 Å². The monoisotopic (exact) mass is 299 g/mol. The van der Waals surface area contributed by atoms with Gasteiger partial charge in [0.1, 0.15) is 6.61 Å². The van der Waals surface area contributed by atoms with Crippen molar-refractivity contribution in [3.8, 4) is 0 Å². The number of rotatable bonds is 7. The summed E-state index contributed by atoms with van der Waals surface area (Å²) in [4.78, 5) is 13.9. The molecule has 0 bridgehead atoms. The van der Waals surface area contributed by atoms with Crippen molar-refractivity contribution in [1.82, 2.24) is 9.71 Å². The molecule has 0 saturated carbocycles. The van der Waals surface area contributed by atoms with Gasteiger partial charge in [-0.3, -0.25) is 4.79 Å². The van der Waals surface area contributed by atoms with Gasteiger partial charge in [-0.05, 0) is 0 Å². The van der Waals surface area contributed by atoms with Gasteiger partial charge < -0.3 is 10.5 Å². The highest BCUT2D eigenvalue weighted by molar-refractivity contribution is 7.91. The summed E-state index contributed by atoms with van der Waals surface area (Å²) in [7, 11) is -3.61. The number of carbonyl (C=O) groups is 1. The lowest BCUT2D eigenvalue weighted by atomic mass is 10.6. The van der Waals surface area contributed by atoms with Crippen molar-refractivity contribution in [2.75, 3.05) is 19.8 Å². The van der Waals surface area contributed by atoms with E-state index < -0.39 is 15.9 Å². The van der Waals surface area contributed by atoms with E-state index in [1.54, 1.807) is 0 Å². The molecular weight excluding hydrogens is 290 g/mol. The lowest BCUT2D eigenvalue weighted by Crippen LogP contribution is -2.28. The van der Waals surface area contributed by atoms with Crippen LogP contribution >= 0.6 is 22.9 Å². The third-order valence-electron chi connectivity index (χ3n) is 1.50. The van der Waals surface area contributed by atoms with Gasteiger partial charge in [0, 0.05) is 6.54 Å². The van der Waals surface area contributed by atoms with Crippen molar-refractivity contribution < 1.29 is 17.9 Å². The molecule has 7 nitrogen and oxygen atoms in total. The van der Waals surface area contributed by atoms with E-state index in [-0.39, 0.29) is 28.4 Å². The lowest BCUT2D eigenvalue weighted by molar-refractivity contribution is -0.122. The number of nitrogens with zero attached hydrogens (tertiary/aromatic N) is 1. The molecule has 1 aromatic heterocycles. The molecule has 3 N–H and O–H groups in total. The first-order valence-electron chi connectivity index (χ1n) is 4.39. The van der Waals surface area contributed by atoms with Crippen LogP contribution in [0.4, 0.5) is 0 Å². The molecule has 10 heteroatoms. The molecule has 96 valence electrons. The quantitative estimate of drug-likeness (QED) is 0.664. The molecular formula is C7H10ClN3O4S2. The predicted octanol–water partition coefficient (Wildman–Crippen LogP) is -0.423. The standard InChI is InChI=1S/C7H10ClN3O4S2/c8-7-10-3-6(16-7)17(13,14)11-1-2-15-4-5(9)12/h3,11H,1-2,4H2,(H2,9,12). The zero-order valence-electron chi connectivity index (χ0n) is 8.55. The van der Waals surface area contributed by atoms with E-state index in [1.807, 2.05) is 0 Å². The number of amides is 1. The summed E-state index contributed by atoms with van der Waals surface area (Å²) < 4.78 is 30.4. The molecule has 17 heavy (non-hydrogen) atoms. The van der Waals surface area contributed by atoms with Crippen LogP contribution in [0.2, 0.25) is 4.47 Å². The van der Waals surface area contributed by atoms with Crippen LogP contribution in [0.5, 0.6) is 0 Å². The Morgan fingerprint density at radius 3 is 2.88 bits per heavy atom. The summed E-state index contributed by atoms with van der Waals surface area (Å²) in [5, 5.41) is 0. The molecule has 0 aromatic carbocycles. The maximum Gasteiger partial charge on any atom is 0.251 e. The molecule has 0 fully saturated rings. The maximum absolute atomic E-state index is 11.6.